The first kappa shape index (κ1) is 15.3. The van der Waals surface area contributed by atoms with Crippen LogP contribution in [0.2, 0.25) is 5.02 Å². The predicted molar refractivity (Wildman–Crippen MR) is 72.9 cm³/mol. The van der Waals surface area contributed by atoms with Crippen LogP contribution in [0.25, 0.3) is 0 Å². The fraction of sp³-hybridized carbons (Fsp3) is 0.143. The summed E-state index contributed by atoms with van der Waals surface area (Å²) in [7, 11) is 0. The summed E-state index contributed by atoms with van der Waals surface area (Å²) in [6, 6.07) is 4.22. The summed E-state index contributed by atoms with van der Waals surface area (Å²) < 4.78 is 26.9. The molecule has 0 saturated carbocycles. The number of halogens is 3. The van der Waals surface area contributed by atoms with Crippen LogP contribution in [-0.2, 0) is 0 Å². The Bertz CT molecular complexity index is 667. The molecule has 0 aliphatic rings. The molecular formula is C14H11ClF2N2O2. The molecule has 1 amide bonds. The van der Waals surface area contributed by atoms with Gasteiger partial charge in [0.05, 0.1) is 29.4 Å². The Morgan fingerprint density at radius 3 is 2.71 bits per heavy atom. The molecule has 1 heterocycles. The Hall–Kier alpha value is -2.05. The zero-order valence-electron chi connectivity index (χ0n) is 10.7. The predicted octanol–water partition coefficient (Wildman–Crippen LogP) is 2.48. The highest BCUT2D eigenvalue weighted by atomic mass is 35.5. The van der Waals surface area contributed by atoms with Gasteiger partial charge in [0.25, 0.3) is 5.91 Å². The van der Waals surface area contributed by atoms with E-state index in [1.807, 2.05) is 0 Å². The molecule has 0 aliphatic heterocycles. The summed E-state index contributed by atoms with van der Waals surface area (Å²) in [5, 5.41) is 11.7. The number of carbonyl (C=O) groups is 1. The molecule has 0 fully saturated rings. The van der Waals surface area contributed by atoms with Crippen molar-refractivity contribution < 1.29 is 18.7 Å². The van der Waals surface area contributed by atoms with Crippen LogP contribution in [0.1, 0.15) is 22.0 Å². The quantitative estimate of drug-likeness (QED) is 0.911. The van der Waals surface area contributed by atoms with E-state index < -0.39 is 30.2 Å². The molecule has 2 aromatic rings. The molecule has 2 rings (SSSR count). The molecule has 110 valence electrons. The highest BCUT2D eigenvalue weighted by Crippen LogP contribution is 2.20. The number of nitrogens with one attached hydrogen (secondary N) is 1. The van der Waals surface area contributed by atoms with Crippen LogP contribution in [-0.4, -0.2) is 22.6 Å². The van der Waals surface area contributed by atoms with E-state index in [4.69, 9.17) is 11.6 Å². The topological polar surface area (TPSA) is 62.2 Å². The lowest BCUT2D eigenvalue weighted by atomic mass is 10.1. The van der Waals surface area contributed by atoms with Crippen molar-refractivity contribution >= 4 is 17.5 Å². The summed E-state index contributed by atoms with van der Waals surface area (Å²) in [5.74, 6) is -2.18. The van der Waals surface area contributed by atoms with E-state index >= 15 is 0 Å². The summed E-state index contributed by atoms with van der Waals surface area (Å²) >= 11 is 5.57. The molecule has 1 atom stereocenters. The molecule has 0 aliphatic carbocycles. The van der Waals surface area contributed by atoms with Crippen molar-refractivity contribution in [3.8, 4) is 0 Å². The van der Waals surface area contributed by atoms with E-state index in [0.717, 1.165) is 12.3 Å². The maximum Gasteiger partial charge on any atom is 0.254 e. The van der Waals surface area contributed by atoms with Crippen LogP contribution in [0, 0.1) is 11.6 Å². The van der Waals surface area contributed by atoms with Gasteiger partial charge in [0.15, 0.2) is 5.82 Å². The van der Waals surface area contributed by atoms with Crippen LogP contribution < -0.4 is 5.32 Å². The number of hydrogen-bond acceptors (Lipinski definition) is 3. The van der Waals surface area contributed by atoms with Crippen molar-refractivity contribution in [1.82, 2.24) is 10.3 Å². The van der Waals surface area contributed by atoms with Crippen molar-refractivity contribution in [2.45, 2.75) is 6.04 Å². The first-order valence-corrected chi connectivity index (χ1v) is 6.37. The molecule has 0 saturated heterocycles. The smallest absolute Gasteiger partial charge is 0.254 e. The summed E-state index contributed by atoms with van der Waals surface area (Å²) in [6.07, 6.45) is 2.18. The Morgan fingerprint density at radius 2 is 2.10 bits per heavy atom. The fourth-order valence-electron chi connectivity index (χ4n) is 1.76. The molecular weight excluding hydrogens is 302 g/mol. The number of rotatable bonds is 4. The molecule has 0 radical (unpaired) electrons. The maximum absolute atomic E-state index is 13.5. The first-order valence-electron chi connectivity index (χ1n) is 5.99. The van der Waals surface area contributed by atoms with Gasteiger partial charge in [0.1, 0.15) is 5.82 Å². The molecule has 21 heavy (non-hydrogen) atoms. The highest BCUT2D eigenvalue weighted by molar-refractivity contribution is 6.30. The molecule has 1 aromatic carbocycles. The first-order chi connectivity index (χ1) is 10.0. The van der Waals surface area contributed by atoms with Crippen LogP contribution in [0.5, 0.6) is 0 Å². The molecule has 0 unspecified atom stereocenters. The lowest BCUT2D eigenvalue weighted by molar-refractivity contribution is 0.0911. The van der Waals surface area contributed by atoms with Crippen molar-refractivity contribution in [3.05, 3.63) is 64.4 Å². The molecule has 0 bridgehead atoms. The average molecular weight is 313 g/mol. The Morgan fingerprint density at radius 1 is 1.33 bits per heavy atom. The normalized spacial score (nSPS) is 12.0. The lowest BCUT2D eigenvalue weighted by Crippen LogP contribution is -2.31. The number of benzene rings is 1. The molecule has 0 spiro atoms. The number of pyridine rings is 1. The number of aromatic nitrogens is 1. The van der Waals surface area contributed by atoms with E-state index in [1.54, 1.807) is 0 Å². The van der Waals surface area contributed by atoms with Crippen molar-refractivity contribution in [3.63, 3.8) is 0 Å². The summed E-state index contributed by atoms with van der Waals surface area (Å²) in [5.41, 5.74) is 0.111. The van der Waals surface area contributed by atoms with Gasteiger partial charge in [-0.1, -0.05) is 17.7 Å². The minimum Gasteiger partial charge on any atom is -0.394 e. The Kier molecular flexibility index (Phi) is 4.82. The number of aliphatic hydroxyl groups excluding tert-OH is 1. The van der Waals surface area contributed by atoms with E-state index in [2.05, 4.69) is 10.3 Å². The van der Waals surface area contributed by atoms with Gasteiger partial charge in [0, 0.05) is 6.20 Å². The van der Waals surface area contributed by atoms with Gasteiger partial charge in [-0.2, -0.15) is 0 Å². The number of aliphatic hydroxyl groups is 1. The van der Waals surface area contributed by atoms with Crippen LogP contribution in [0.4, 0.5) is 8.78 Å². The monoisotopic (exact) mass is 312 g/mol. The third kappa shape index (κ3) is 3.53. The molecule has 1 aromatic heterocycles. The number of hydrogen-bond donors (Lipinski definition) is 2. The van der Waals surface area contributed by atoms with Gasteiger partial charge in [-0.3, -0.25) is 9.78 Å². The second-order valence-electron chi connectivity index (χ2n) is 4.24. The van der Waals surface area contributed by atoms with E-state index in [0.29, 0.717) is 5.56 Å². The lowest BCUT2D eigenvalue weighted by Gasteiger charge is -2.17. The maximum atomic E-state index is 13.5. The Labute approximate surface area is 124 Å². The summed E-state index contributed by atoms with van der Waals surface area (Å²) in [4.78, 5) is 15.5. The number of nitrogens with zero attached hydrogens (tertiary/aromatic N) is 1. The van der Waals surface area contributed by atoms with E-state index in [1.165, 1.54) is 24.4 Å². The van der Waals surface area contributed by atoms with Crippen LogP contribution in [0.3, 0.4) is 0 Å². The van der Waals surface area contributed by atoms with Crippen molar-refractivity contribution in [2.75, 3.05) is 6.61 Å². The second kappa shape index (κ2) is 6.60. The van der Waals surface area contributed by atoms with Gasteiger partial charge in [0.2, 0.25) is 0 Å². The highest BCUT2D eigenvalue weighted by Gasteiger charge is 2.18. The van der Waals surface area contributed by atoms with Gasteiger partial charge in [-0.05, 0) is 23.8 Å². The van der Waals surface area contributed by atoms with Gasteiger partial charge in [-0.25, -0.2) is 8.78 Å². The van der Waals surface area contributed by atoms with E-state index in [-0.39, 0.29) is 10.6 Å². The minimum absolute atomic E-state index is 0.0676. The minimum atomic E-state index is -0.878. The standard InChI is InChI=1S/C14H11ClF2N2O2/c15-10-2-1-8(5-11(10)16)13(7-20)19-14(21)9-3-4-18-6-12(9)17/h1-6,13,20H,7H2,(H,19,21)/t13-/m1/s1. The van der Waals surface area contributed by atoms with Crippen LogP contribution >= 0.6 is 11.6 Å². The third-order valence-electron chi connectivity index (χ3n) is 2.85. The van der Waals surface area contributed by atoms with Gasteiger partial charge < -0.3 is 10.4 Å². The molecule has 2 N–H and O–H groups in total. The average Bonchev–Trinajstić information content (AvgIpc) is 2.48. The second-order valence-corrected chi connectivity index (χ2v) is 4.64. The number of carbonyl (C=O) groups excluding carboxylic acids is 1. The summed E-state index contributed by atoms with van der Waals surface area (Å²) in [6.45, 7) is -0.473. The van der Waals surface area contributed by atoms with Crippen LogP contribution in [0.15, 0.2) is 36.7 Å². The van der Waals surface area contributed by atoms with Gasteiger partial charge >= 0.3 is 0 Å². The Balaban J connectivity index is 2.21. The largest absolute Gasteiger partial charge is 0.394 e. The number of amides is 1. The zero-order valence-corrected chi connectivity index (χ0v) is 11.4. The molecule has 4 nitrogen and oxygen atoms in total. The van der Waals surface area contributed by atoms with Crippen molar-refractivity contribution in [2.24, 2.45) is 0 Å². The third-order valence-corrected chi connectivity index (χ3v) is 3.16. The van der Waals surface area contributed by atoms with Crippen molar-refractivity contribution in [1.29, 1.82) is 0 Å². The van der Waals surface area contributed by atoms with Gasteiger partial charge in [-0.15, -0.1) is 0 Å². The fourth-order valence-corrected chi connectivity index (χ4v) is 1.88. The molecule has 7 heteroatoms. The SMILES string of the molecule is O=C(N[C@H](CO)c1ccc(Cl)c(F)c1)c1ccncc1F. The zero-order chi connectivity index (χ0) is 15.4. The van der Waals surface area contributed by atoms with E-state index in [9.17, 15) is 18.7 Å².